The molecule has 0 atom stereocenters. The van der Waals surface area contributed by atoms with Crippen molar-refractivity contribution in [3.05, 3.63) is 65.1 Å². The van der Waals surface area contributed by atoms with Gasteiger partial charge in [0, 0.05) is 31.4 Å². The van der Waals surface area contributed by atoms with Gasteiger partial charge in [-0.05, 0) is 29.3 Å². The zero-order valence-electron chi connectivity index (χ0n) is 14.8. The molecule has 27 heavy (non-hydrogen) atoms. The molecular weight excluding hydrogens is 342 g/mol. The average molecular weight is 359 g/mol. The predicted octanol–water partition coefficient (Wildman–Crippen LogP) is 2.07. The standard InChI is InChI=1S/C20H17N5O2/c1-25-12-16(11-24-25)18-3-2-13(10-23-18)6-14-7-17-19(8-15(14)9-21)27-5-4-22-20(17)26/h2-3,7-8,10-12H,4-6H2,1H3,(H,22,26). The lowest BCUT2D eigenvalue weighted by Crippen LogP contribution is -2.24. The summed E-state index contributed by atoms with van der Waals surface area (Å²) >= 11 is 0. The van der Waals surface area contributed by atoms with Gasteiger partial charge in [-0.1, -0.05) is 6.07 Å². The fourth-order valence-electron chi connectivity index (χ4n) is 3.07. The number of carbonyl (C=O) groups excluding carboxylic acids is 1. The van der Waals surface area contributed by atoms with Crippen molar-refractivity contribution in [2.24, 2.45) is 7.05 Å². The monoisotopic (exact) mass is 359 g/mol. The summed E-state index contributed by atoms with van der Waals surface area (Å²) < 4.78 is 7.31. The highest BCUT2D eigenvalue weighted by atomic mass is 16.5. The molecule has 1 aliphatic rings. The lowest BCUT2D eigenvalue weighted by molar-refractivity contribution is 0.0957. The van der Waals surface area contributed by atoms with E-state index in [2.05, 4.69) is 21.5 Å². The Kier molecular flexibility index (Phi) is 4.30. The Morgan fingerprint density at radius 3 is 2.93 bits per heavy atom. The number of hydrogen-bond donors (Lipinski definition) is 1. The second-order valence-corrected chi connectivity index (χ2v) is 6.35. The van der Waals surface area contributed by atoms with E-state index < -0.39 is 0 Å². The molecule has 0 saturated carbocycles. The number of carbonyl (C=O) groups is 1. The van der Waals surface area contributed by atoms with Crippen LogP contribution in [0.25, 0.3) is 11.3 Å². The van der Waals surface area contributed by atoms with E-state index in [1.54, 1.807) is 29.2 Å². The summed E-state index contributed by atoms with van der Waals surface area (Å²) in [4.78, 5) is 16.7. The third kappa shape index (κ3) is 3.37. The largest absolute Gasteiger partial charge is 0.491 e. The van der Waals surface area contributed by atoms with E-state index in [0.29, 0.717) is 36.4 Å². The second kappa shape index (κ2) is 6.92. The van der Waals surface area contributed by atoms with Crippen LogP contribution in [0.2, 0.25) is 0 Å². The van der Waals surface area contributed by atoms with E-state index in [-0.39, 0.29) is 5.91 Å². The minimum atomic E-state index is -0.182. The molecule has 1 amide bonds. The molecule has 1 aliphatic heterocycles. The number of nitrogens with zero attached hydrogens (tertiary/aromatic N) is 4. The second-order valence-electron chi connectivity index (χ2n) is 6.35. The van der Waals surface area contributed by atoms with Gasteiger partial charge < -0.3 is 10.1 Å². The molecule has 3 heterocycles. The fourth-order valence-corrected chi connectivity index (χ4v) is 3.07. The first-order chi connectivity index (χ1) is 13.1. The van der Waals surface area contributed by atoms with Crippen LogP contribution in [0.5, 0.6) is 5.75 Å². The van der Waals surface area contributed by atoms with E-state index in [4.69, 9.17) is 4.74 Å². The van der Waals surface area contributed by atoms with Crippen molar-refractivity contribution >= 4 is 5.91 Å². The minimum Gasteiger partial charge on any atom is -0.491 e. The van der Waals surface area contributed by atoms with Gasteiger partial charge in [-0.3, -0.25) is 14.5 Å². The molecule has 0 spiro atoms. The van der Waals surface area contributed by atoms with Gasteiger partial charge in [-0.25, -0.2) is 0 Å². The van der Waals surface area contributed by atoms with Crippen LogP contribution in [-0.4, -0.2) is 33.8 Å². The Labute approximate surface area is 156 Å². The quantitative estimate of drug-likeness (QED) is 0.773. The lowest BCUT2D eigenvalue weighted by Gasteiger charge is -2.11. The molecule has 7 heteroatoms. The maximum atomic E-state index is 12.2. The van der Waals surface area contributed by atoms with E-state index in [9.17, 15) is 10.1 Å². The number of nitriles is 1. The van der Waals surface area contributed by atoms with Gasteiger partial charge in [-0.15, -0.1) is 0 Å². The van der Waals surface area contributed by atoms with Gasteiger partial charge in [0.25, 0.3) is 5.91 Å². The van der Waals surface area contributed by atoms with Crippen LogP contribution in [0, 0.1) is 11.3 Å². The Hall–Kier alpha value is -3.66. The normalized spacial score (nSPS) is 13.1. The fraction of sp³-hybridized carbons (Fsp3) is 0.200. The maximum absolute atomic E-state index is 12.2. The molecule has 1 N–H and O–H groups in total. The first-order valence-electron chi connectivity index (χ1n) is 8.56. The molecule has 7 nitrogen and oxygen atoms in total. The number of benzene rings is 1. The molecule has 0 bridgehead atoms. The highest BCUT2D eigenvalue weighted by Crippen LogP contribution is 2.27. The Balaban J connectivity index is 1.64. The minimum absolute atomic E-state index is 0.182. The highest BCUT2D eigenvalue weighted by molar-refractivity contribution is 5.97. The van der Waals surface area contributed by atoms with E-state index in [1.165, 1.54) is 0 Å². The van der Waals surface area contributed by atoms with Crippen molar-refractivity contribution in [1.82, 2.24) is 20.1 Å². The van der Waals surface area contributed by atoms with E-state index in [1.807, 2.05) is 25.4 Å². The van der Waals surface area contributed by atoms with Crippen molar-refractivity contribution in [2.75, 3.05) is 13.2 Å². The molecule has 3 aromatic rings. The molecule has 1 aromatic carbocycles. The Morgan fingerprint density at radius 1 is 1.33 bits per heavy atom. The van der Waals surface area contributed by atoms with Crippen LogP contribution in [0.1, 0.15) is 27.0 Å². The SMILES string of the molecule is Cn1cc(-c2ccc(Cc3cc4c(cc3C#N)OCCNC4=O)cn2)cn1. The summed E-state index contributed by atoms with van der Waals surface area (Å²) in [6, 6.07) is 9.48. The molecular formula is C20H17N5O2. The van der Waals surface area contributed by atoms with E-state index in [0.717, 1.165) is 22.4 Å². The first kappa shape index (κ1) is 16.8. The first-order valence-corrected chi connectivity index (χ1v) is 8.56. The van der Waals surface area contributed by atoms with Crippen molar-refractivity contribution in [1.29, 1.82) is 5.26 Å². The number of fused-ring (bicyclic) bond motifs is 1. The van der Waals surface area contributed by atoms with Crippen LogP contribution in [0.4, 0.5) is 0 Å². The van der Waals surface area contributed by atoms with Crippen molar-refractivity contribution < 1.29 is 9.53 Å². The number of hydrogen-bond acceptors (Lipinski definition) is 5. The Bertz CT molecular complexity index is 1050. The molecule has 2 aromatic heterocycles. The average Bonchev–Trinajstić information content (AvgIpc) is 3.04. The Morgan fingerprint density at radius 2 is 2.22 bits per heavy atom. The smallest absolute Gasteiger partial charge is 0.255 e. The van der Waals surface area contributed by atoms with Gasteiger partial charge in [-0.2, -0.15) is 10.4 Å². The van der Waals surface area contributed by atoms with Gasteiger partial charge >= 0.3 is 0 Å². The van der Waals surface area contributed by atoms with Gasteiger partial charge in [0.05, 0.1) is 35.6 Å². The summed E-state index contributed by atoms with van der Waals surface area (Å²) in [5, 5.41) is 16.4. The van der Waals surface area contributed by atoms with Gasteiger partial charge in [0.2, 0.25) is 0 Å². The summed E-state index contributed by atoms with van der Waals surface area (Å²) in [7, 11) is 1.86. The zero-order chi connectivity index (χ0) is 18.8. The van der Waals surface area contributed by atoms with E-state index >= 15 is 0 Å². The van der Waals surface area contributed by atoms with Crippen LogP contribution in [0.15, 0.2) is 42.9 Å². The molecule has 0 aliphatic carbocycles. The van der Waals surface area contributed by atoms with Crippen molar-refractivity contribution in [3.63, 3.8) is 0 Å². The van der Waals surface area contributed by atoms with Crippen molar-refractivity contribution in [3.8, 4) is 23.1 Å². The van der Waals surface area contributed by atoms with Crippen molar-refractivity contribution in [2.45, 2.75) is 6.42 Å². The molecule has 0 radical (unpaired) electrons. The lowest BCUT2D eigenvalue weighted by atomic mass is 9.97. The third-order valence-corrected chi connectivity index (χ3v) is 4.44. The molecule has 134 valence electrons. The number of nitrogens with one attached hydrogen (secondary N) is 1. The number of rotatable bonds is 3. The predicted molar refractivity (Wildman–Crippen MR) is 98.2 cm³/mol. The van der Waals surface area contributed by atoms with Gasteiger partial charge in [0.15, 0.2) is 0 Å². The maximum Gasteiger partial charge on any atom is 0.255 e. The molecule has 4 rings (SSSR count). The number of aryl methyl sites for hydroxylation is 1. The highest BCUT2D eigenvalue weighted by Gasteiger charge is 2.19. The number of pyridine rings is 1. The number of ether oxygens (including phenoxy) is 1. The molecule has 0 fully saturated rings. The summed E-state index contributed by atoms with van der Waals surface area (Å²) in [6.45, 7) is 0.840. The van der Waals surface area contributed by atoms with Gasteiger partial charge in [0.1, 0.15) is 12.4 Å². The number of amides is 1. The third-order valence-electron chi connectivity index (χ3n) is 4.44. The van der Waals surface area contributed by atoms with Crippen LogP contribution >= 0.6 is 0 Å². The molecule has 0 unspecified atom stereocenters. The number of aromatic nitrogens is 3. The summed E-state index contributed by atoms with van der Waals surface area (Å²) in [5.74, 6) is 0.272. The van der Waals surface area contributed by atoms with Crippen LogP contribution in [-0.2, 0) is 13.5 Å². The topological polar surface area (TPSA) is 92.8 Å². The van der Waals surface area contributed by atoms with Crippen LogP contribution in [0.3, 0.4) is 0 Å². The summed E-state index contributed by atoms with van der Waals surface area (Å²) in [6.07, 6.45) is 5.96. The molecule has 0 saturated heterocycles. The zero-order valence-corrected chi connectivity index (χ0v) is 14.8. The van der Waals surface area contributed by atoms with Crippen LogP contribution < -0.4 is 10.1 Å². The summed E-state index contributed by atoms with van der Waals surface area (Å²) in [5.41, 5.74) is 4.46.